The summed E-state index contributed by atoms with van der Waals surface area (Å²) in [6.07, 6.45) is -4.71. The van der Waals surface area contributed by atoms with Gasteiger partial charge in [-0.25, -0.2) is 9.69 Å². The Labute approximate surface area is 272 Å². The number of thioether (sulfide) groups is 1. The molecule has 3 heterocycles. The van der Waals surface area contributed by atoms with Crippen LogP contribution < -0.4 is 15.1 Å². The van der Waals surface area contributed by atoms with Crippen LogP contribution in [0.15, 0.2) is 82.6 Å². The Kier molecular flexibility index (Phi) is 8.44. The Morgan fingerprint density at radius 3 is 2.34 bits per heavy atom. The van der Waals surface area contributed by atoms with Gasteiger partial charge < -0.3 is 15.2 Å². The van der Waals surface area contributed by atoms with Gasteiger partial charge in [-0.1, -0.05) is 41.3 Å². The van der Waals surface area contributed by atoms with Crippen LogP contribution in [0.3, 0.4) is 0 Å². The van der Waals surface area contributed by atoms with Crippen LogP contribution in [0.2, 0.25) is 0 Å². The number of rotatable bonds is 7. The van der Waals surface area contributed by atoms with Crippen molar-refractivity contribution in [2.24, 2.45) is 5.92 Å². The van der Waals surface area contributed by atoms with E-state index in [1.54, 1.807) is 19.1 Å². The molecule has 0 saturated carbocycles. The average molecular weight is 684 g/mol. The van der Waals surface area contributed by atoms with Crippen LogP contribution >= 0.6 is 23.1 Å². The highest BCUT2D eigenvalue weighted by Gasteiger charge is 2.57. The Morgan fingerprint density at radius 1 is 0.979 bits per heavy atom. The lowest BCUT2D eigenvalue weighted by molar-refractivity contribution is -0.137. The van der Waals surface area contributed by atoms with Gasteiger partial charge in [0.15, 0.2) is 0 Å². The number of amides is 3. The molecule has 3 atom stereocenters. The zero-order chi connectivity index (χ0) is 33.6. The summed E-state index contributed by atoms with van der Waals surface area (Å²) in [5.74, 6) is -4.61. The fourth-order valence-corrected chi connectivity index (χ4v) is 8.39. The van der Waals surface area contributed by atoms with E-state index in [-0.39, 0.29) is 28.6 Å². The number of alkyl halides is 3. The zero-order valence-electron chi connectivity index (χ0n) is 24.3. The van der Waals surface area contributed by atoms with E-state index < -0.39 is 63.9 Å². The van der Waals surface area contributed by atoms with E-state index in [0.717, 1.165) is 46.2 Å². The van der Waals surface area contributed by atoms with Crippen molar-refractivity contribution < 1.29 is 42.2 Å². The molecule has 0 bridgehead atoms. The number of hydrogen-bond donors (Lipinski definition) is 2. The number of aromatic hydroxyl groups is 1. The van der Waals surface area contributed by atoms with Crippen molar-refractivity contribution >= 4 is 58.2 Å². The molecule has 2 aliphatic rings. The number of hydrogen-bond acceptors (Lipinski definition) is 9. The number of esters is 1. The lowest BCUT2D eigenvalue weighted by atomic mass is 9.83. The summed E-state index contributed by atoms with van der Waals surface area (Å²) in [7, 11) is 0. The van der Waals surface area contributed by atoms with Gasteiger partial charge in [-0.2, -0.15) is 13.2 Å². The van der Waals surface area contributed by atoms with Gasteiger partial charge in [0.1, 0.15) is 17.5 Å². The quantitative estimate of drug-likeness (QED) is 0.200. The molecule has 1 aromatic heterocycles. The SMILES string of the molecule is CCOC(=O)c1ccc(NC(=O)Cn2c3c(sc2=O)C(c2ccc(O)cc2)C2C(=O)N(c4cccc(C(F)(F)F)c4)C(=O)C2S3)cc1. The topological polar surface area (TPSA) is 135 Å². The number of carbonyl (C=O) groups is 4. The van der Waals surface area contributed by atoms with Crippen molar-refractivity contribution in [3.05, 3.63) is 104 Å². The normalized spacial score (nSPS) is 18.9. The van der Waals surface area contributed by atoms with Crippen molar-refractivity contribution in [2.75, 3.05) is 16.8 Å². The number of anilines is 2. The fraction of sp³-hybridized carbons (Fsp3) is 0.219. The number of benzene rings is 3. The first-order valence-corrected chi connectivity index (χ1v) is 15.9. The smallest absolute Gasteiger partial charge is 0.416 e. The Morgan fingerprint density at radius 2 is 1.68 bits per heavy atom. The Bertz CT molecular complexity index is 1960. The fourth-order valence-electron chi connectivity index (χ4n) is 5.62. The summed E-state index contributed by atoms with van der Waals surface area (Å²) in [5.41, 5.74) is -0.130. The second kappa shape index (κ2) is 12.4. The number of aromatic nitrogens is 1. The predicted molar refractivity (Wildman–Crippen MR) is 167 cm³/mol. The third kappa shape index (κ3) is 6.03. The Balaban J connectivity index is 1.34. The van der Waals surface area contributed by atoms with Crippen molar-refractivity contribution in [2.45, 2.75) is 35.8 Å². The summed E-state index contributed by atoms with van der Waals surface area (Å²) in [5, 5.41) is 11.7. The van der Waals surface area contributed by atoms with E-state index in [1.807, 2.05) is 0 Å². The number of thiazole rings is 1. The molecule has 0 spiro atoms. The number of phenols is 1. The van der Waals surface area contributed by atoms with E-state index in [4.69, 9.17) is 4.74 Å². The molecule has 2 N–H and O–H groups in total. The molecule has 15 heteroatoms. The van der Waals surface area contributed by atoms with E-state index in [0.29, 0.717) is 16.1 Å². The number of nitrogens with zero attached hydrogens (tertiary/aromatic N) is 2. The van der Waals surface area contributed by atoms with Crippen LogP contribution in [0.1, 0.15) is 39.2 Å². The van der Waals surface area contributed by atoms with Crippen LogP contribution in [-0.2, 0) is 31.8 Å². The number of ether oxygens (including phenoxy) is 1. The van der Waals surface area contributed by atoms with Gasteiger partial charge in [0.05, 0.1) is 34.4 Å². The maximum absolute atomic E-state index is 13.9. The molecule has 1 fully saturated rings. The molecule has 4 aromatic rings. The first-order valence-electron chi connectivity index (χ1n) is 14.2. The molecule has 2 aliphatic heterocycles. The van der Waals surface area contributed by atoms with Gasteiger partial charge in [-0.3, -0.25) is 23.7 Å². The number of imide groups is 1. The predicted octanol–water partition coefficient (Wildman–Crippen LogP) is 5.25. The minimum atomic E-state index is -4.71. The maximum Gasteiger partial charge on any atom is 0.416 e. The molecular formula is C32H24F3N3O7S2. The molecule has 10 nitrogen and oxygen atoms in total. The van der Waals surface area contributed by atoms with Crippen molar-refractivity contribution in [1.82, 2.24) is 4.57 Å². The van der Waals surface area contributed by atoms with Crippen molar-refractivity contribution in [1.29, 1.82) is 0 Å². The minimum absolute atomic E-state index is 0.0622. The highest BCUT2D eigenvalue weighted by atomic mass is 32.2. The molecule has 1 saturated heterocycles. The van der Waals surface area contributed by atoms with Crippen LogP contribution in [-0.4, -0.2) is 45.2 Å². The first-order chi connectivity index (χ1) is 22.4. The monoisotopic (exact) mass is 683 g/mol. The van der Waals surface area contributed by atoms with Gasteiger partial charge in [-0.05, 0) is 67.1 Å². The molecule has 3 unspecified atom stereocenters. The van der Waals surface area contributed by atoms with Crippen molar-refractivity contribution in [3.8, 4) is 5.75 Å². The third-order valence-electron chi connectivity index (χ3n) is 7.71. The molecular weight excluding hydrogens is 659 g/mol. The lowest BCUT2D eigenvalue weighted by Gasteiger charge is -2.30. The van der Waals surface area contributed by atoms with E-state index >= 15 is 0 Å². The highest BCUT2D eigenvalue weighted by Crippen LogP contribution is 2.54. The largest absolute Gasteiger partial charge is 0.508 e. The molecule has 3 aromatic carbocycles. The average Bonchev–Trinajstić information content (AvgIpc) is 3.47. The summed E-state index contributed by atoms with van der Waals surface area (Å²) in [4.78, 5) is 66.7. The van der Waals surface area contributed by atoms with Crippen LogP contribution in [0.5, 0.6) is 5.75 Å². The molecule has 0 radical (unpaired) electrons. The van der Waals surface area contributed by atoms with Gasteiger partial charge in [0.25, 0.3) is 0 Å². The van der Waals surface area contributed by atoms with Gasteiger partial charge in [-0.15, -0.1) is 0 Å². The number of nitrogens with one attached hydrogen (secondary N) is 1. The van der Waals surface area contributed by atoms with Crippen LogP contribution in [0.25, 0.3) is 0 Å². The first kappa shape index (κ1) is 32.1. The van der Waals surface area contributed by atoms with Crippen LogP contribution in [0, 0.1) is 5.92 Å². The molecule has 0 aliphatic carbocycles. The molecule has 3 amide bonds. The van der Waals surface area contributed by atoms with E-state index in [9.17, 15) is 42.3 Å². The van der Waals surface area contributed by atoms with Gasteiger partial charge in [0.2, 0.25) is 17.7 Å². The van der Waals surface area contributed by atoms with E-state index in [1.165, 1.54) is 47.0 Å². The zero-order valence-corrected chi connectivity index (χ0v) is 25.9. The van der Waals surface area contributed by atoms with E-state index in [2.05, 4.69) is 5.32 Å². The minimum Gasteiger partial charge on any atom is -0.508 e. The summed E-state index contributed by atoms with van der Waals surface area (Å²) < 4.78 is 46.7. The molecule has 47 heavy (non-hydrogen) atoms. The summed E-state index contributed by atoms with van der Waals surface area (Å²) in [6.45, 7) is 1.43. The summed E-state index contributed by atoms with van der Waals surface area (Å²) >= 11 is 1.71. The third-order valence-corrected chi connectivity index (χ3v) is 10.3. The number of phenolic OH excluding ortho intramolecular Hbond substituents is 1. The summed E-state index contributed by atoms with van der Waals surface area (Å²) in [6, 6.07) is 15.8. The van der Waals surface area contributed by atoms with Crippen molar-refractivity contribution in [3.63, 3.8) is 0 Å². The number of carbonyl (C=O) groups excluding carboxylic acids is 4. The maximum atomic E-state index is 13.9. The Hall–Kier alpha value is -4.89. The molecule has 6 rings (SSSR count). The van der Waals surface area contributed by atoms with Gasteiger partial charge in [0, 0.05) is 16.5 Å². The lowest BCUT2D eigenvalue weighted by Crippen LogP contribution is -2.33. The standard InChI is InChI=1S/C32H24F3N3O7S2/c1-2-45-30(43)17-6-10-19(11-7-17)36-22(40)15-37-29-26(47-31(37)44)23(16-8-12-21(39)13-9-16)24-25(46-29)28(42)38(27(24)41)20-5-3-4-18(14-20)32(33,34)35/h3-14,23-25,39H,2,15H2,1H3,(H,36,40). The highest BCUT2D eigenvalue weighted by molar-refractivity contribution is 8.00. The molecule has 242 valence electrons. The number of halogens is 3. The second-order valence-electron chi connectivity index (χ2n) is 10.7. The van der Waals surface area contributed by atoms with Gasteiger partial charge >= 0.3 is 17.0 Å². The number of fused-ring (bicyclic) bond motifs is 2. The second-order valence-corrected chi connectivity index (χ2v) is 12.8. The van der Waals surface area contributed by atoms with Crippen LogP contribution in [0.4, 0.5) is 24.5 Å².